The zero-order chi connectivity index (χ0) is 10.0. The van der Waals surface area contributed by atoms with Crippen molar-refractivity contribution in [3.8, 4) is 0 Å². The average Bonchev–Trinajstić information content (AvgIpc) is 2.57. The molecule has 1 spiro atoms. The van der Waals surface area contributed by atoms with E-state index in [1.807, 2.05) is 0 Å². The van der Waals surface area contributed by atoms with Crippen LogP contribution in [0.1, 0.15) is 39.0 Å². The van der Waals surface area contributed by atoms with E-state index in [-0.39, 0.29) is 4.93 Å². The van der Waals surface area contributed by atoms with Crippen LogP contribution < -0.4 is 0 Å². The average molecular weight is 224 g/mol. The third-order valence-electron chi connectivity index (χ3n) is 5.21. The molecular formula is C13H20OS. The molecule has 2 heteroatoms. The number of hydrogen-bond acceptors (Lipinski definition) is 2. The number of rotatable bonds is 0. The minimum atomic E-state index is 0.285. The van der Waals surface area contributed by atoms with Crippen LogP contribution >= 0.6 is 11.8 Å². The molecule has 1 aliphatic heterocycles. The Hall–Kier alpha value is 0.310. The predicted molar refractivity (Wildman–Crippen MR) is 62.8 cm³/mol. The fourth-order valence-electron chi connectivity index (χ4n) is 4.90. The molecule has 4 aliphatic carbocycles. The van der Waals surface area contributed by atoms with Crippen LogP contribution in [0.15, 0.2) is 0 Å². The molecule has 4 saturated carbocycles. The van der Waals surface area contributed by atoms with Crippen LogP contribution in [0.5, 0.6) is 0 Å². The fraction of sp³-hybridized carbons (Fsp3) is 1.00. The molecule has 1 saturated heterocycles. The van der Waals surface area contributed by atoms with Crippen LogP contribution in [0.3, 0.4) is 0 Å². The molecule has 1 atom stereocenters. The summed E-state index contributed by atoms with van der Waals surface area (Å²) in [7, 11) is 0. The van der Waals surface area contributed by atoms with Crippen molar-refractivity contribution in [3.63, 3.8) is 0 Å². The van der Waals surface area contributed by atoms with E-state index in [2.05, 4.69) is 18.7 Å². The Morgan fingerprint density at radius 3 is 2.07 bits per heavy atom. The molecule has 0 unspecified atom stereocenters. The molecule has 0 amide bonds. The molecule has 0 N–H and O–H groups in total. The van der Waals surface area contributed by atoms with E-state index in [9.17, 15) is 0 Å². The van der Waals surface area contributed by atoms with Crippen molar-refractivity contribution in [1.82, 2.24) is 0 Å². The summed E-state index contributed by atoms with van der Waals surface area (Å²) in [4.78, 5) is 0.285. The highest BCUT2D eigenvalue weighted by atomic mass is 32.2. The fourth-order valence-corrected chi connectivity index (χ4v) is 6.55. The zero-order valence-electron chi connectivity index (χ0n) is 9.45. The number of ether oxygens (including phenoxy) is 1. The smallest absolute Gasteiger partial charge is 0.119 e. The molecule has 0 radical (unpaired) electrons. The third-order valence-corrected chi connectivity index (χ3v) is 7.06. The van der Waals surface area contributed by atoms with Crippen LogP contribution in [-0.4, -0.2) is 16.8 Å². The molecular weight excluding hydrogens is 204 g/mol. The van der Waals surface area contributed by atoms with Gasteiger partial charge < -0.3 is 4.74 Å². The lowest BCUT2D eigenvalue weighted by molar-refractivity contribution is -0.155. The molecule has 0 aromatic carbocycles. The Balaban J connectivity index is 1.70. The lowest BCUT2D eigenvalue weighted by atomic mass is 9.54. The van der Waals surface area contributed by atoms with Crippen molar-refractivity contribution < 1.29 is 4.74 Å². The van der Waals surface area contributed by atoms with E-state index in [0.717, 1.165) is 23.7 Å². The van der Waals surface area contributed by atoms with Crippen molar-refractivity contribution in [2.24, 2.45) is 23.7 Å². The summed E-state index contributed by atoms with van der Waals surface area (Å²) in [6.07, 6.45) is 7.97. The van der Waals surface area contributed by atoms with Crippen molar-refractivity contribution >= 4 is 11.8 Å². The molecule has 84 valence electrons. The maximum atomic E-state index is 6.39. The van der Waals surface area contributed by atoms with Gasteiger partial charge in [-0.25, -0.2) is 0 Å². The first-order valence-corrected chi connectivity index (χ1v) is 7.56. The van der Waals surface area contributed by atoms with Gasteiger partial charge in [0.25, 0.3) is 0 Å². The van der Waals surface area contributed by atoms with Gasteiger partial charge in [-0.05, 0) is 62.7 Å². The summed E-state index contributed by atoms with van der Waals surface area (Å²) >= 11 is 2.17. The van der Waals surface area contributed by atoms with Gasteiger partial charge in [-0.2, -0.15) is 0 Å². The number of thioether (sulfide) groups is 1. The summed E-state index contributed by atoms with van der Waals surface area (Å²) in [5.74, 6) is 5.19. The topological polar surface area (TPSA) is 9.23 Å². The minimum absolute atomic E-state index is 0.285. The summed E-state index contributed by atoms with van der Waals surface area (Å²) in [5.41, 5.74) is 0. The van der Waals surface area contributed by atoms with Gasteiger partial charge in [0, 0.05) is 5.75 Å². The highest BCUT2D eigenvalue weighted by Gasteiger charge is 2.60. The van der Waals surface area contributed by atoms with Crippen LogP contribution in [0, 0.1) is 23.7 Å². The molecule has 5 aliphatic rings. The second-order valence-electron chi connectivity index (χ2n) is 6.27. The normalized spacial score (nSPS) is 61.8. The van der Waals surface area contributed by atoms with E-state index >= 15 is 0 Å². The summed E-state index contributed by atoms with van der Waals surface area (Å²) < 4.78 is 6.39. The Kier molecular flexibility index (Phi) is 1.84. The summed E-state index contributed by atoms with van der Waals surface area (Å²) in [6, 6.07) is 0. The van der Waals surface area contributed by atoms with Crippen LogP contribution in [0.2, 0.25) is 0 Å². The minimum Gasteiger partial charge on any atom is -0.360 e. The molecule has 0 aromatic rings. The largest absolute Gasteiger partial charge is 0.360 e. The van der Waals surface area contributed by atoms with Crippen molar-refractivity contribution in [1.29, 1.82) is 0 Å². The lowest BCUT2D eigenvalue weighted by Gasteiger charge is -2.58. The Morgan fingerprint density at radius 2 is 1.60 bits per heavy atom. The van der Waals surface area contributed by atoms with Gasteiger partial charge >= 0.3 is 0 Å². The Bertz CT molecular complexity index is 260. The molecule has 5 rings (SSSR count). The SMILES string of the molecule is C[C@H]1CSC2(O1)C1CC3CC(C1)CC2C3. The van der Waals surface area contributed by atoms with E-state index in [1.165, 1.54) is 31.4 Å². The Labute approximate surface area is 96.3 Å². The highest BCUT2D eigenvalue weighted by molar-refractivity contribution is 8.00. The van der Waals surface area contributed by atoms with E-state index in [1.54, 1.807) is 6.42 Å². The standard InChI is InChI=1S/C13H20OS/c1-8-7-15-13(14-8)11-3-9-2-10(5-11)6-12(13)4-9/h8-12H,2-7H2,1H3/t8-,9?,10?,11?,12?,13?/m0/s1. The molecule has 15 heavy (non-hydrogen) atoms. The van der Waals surface area contributed by atoms with Crippen LogP contribution in [0.4, 0.5) is 0 Å². The van der Waals surface area contributed by atoms with Crippen LogP contribution in [-0.2, 0) is 4.74 Å². The van der Waals surface area contributed by atoms with Crippen LogP contribution in [0.25, 0.3) is 0 Å². The maximum absolute atomic E-state index is 6.39. The van der Waals surface area contributed by atoms with Gasteiger partial charge in [-0.15, -0.1) is 11.8 Å². The van der Waals surface area contributed by atoms with Gasteiger partial charge in [0.2, 0.25) is 0 Å². The molecule has 0 aromatic heterocycles. The number of hydrogen-bond donors (Lipinski definition) is 0. The van der Waals surface area contributed by atoms with Crippen molar-refractivity contribution in [3.05, 3.63) is 0 Å². The second-order valence-corrected chi connectivity index (χ2v) is 7.53. The Morgan fingerprint density at radius 1 is 1.00 bits per heavy atom. The van der Waals surface area contributed by atoms with Gasteiger partial charge in [0.15, 0.2) is 0 Å². The van der Waals surface area contributed by atoms with Crippen molar-refractivity contribution in [2.45, 2.75) is 50.1 Å². The predicted octanol–water partition coefficient (Wildman–Crippen LogP) is 3.29. The monoisotopic (exact) mass is 224 g/mol. The first-order chi connectivity index (χ1) is 7.26. The molecule has 1 nitrogen and oxygen atoms in total. The first-order valence-electron chi connectivity index (χ1n) is 6.58. The second kappa shape index (κ2) is 2.95. The van der Waals surface area contributed by atoms with Crippen molar-refractivity contribution in [2.75, 3.05) is 5.75 Å². The van der Waals surface area contributed by atoms with E-state index < -0.39 is 0 Å². The highest BCUT2D eigenvalue weighted by Crippen LogP contribution is 2.65. The maximum Gasteiger partial charge on any atom is 0.119 e. The third kappa shape index (κ3) is 1.16. The molecule has 5 fully saturated rings. The van der Waals surface area contributed by atoms with Gasteiger partial charge in [0.05, 0.1) is 6.10 Å². The van der Waals surface area contributed by atoms with E-state index in [4.69, 9.17) is 4.74 Å². The van der Waals surface area contributed by atoms with E-state index in [0.29, 0.717) is 6.10 Å². The van der Waals surface area contributed by atoms with Gasteiger partial charge in [-0.1, -0.05) is 0 Å². The quantitative estimate of drug-likeness (QED) is 0.624. The summed E-state index contributed by atoms with van der Waals surface area (Å²) in [5, 5.41) is 0. The zero-order valence-corrected chi connectivity index (χ0v) is 10.3. The first kappa shape index (κ1) is 9.35. The van der Waals surface area contributed by atoms with Gasteiger partial charge in [-0.3, -0.25) is 0 Å². The molecule has 1 heterocycles. The lowest BCUT2D eigenvalue weighted by Crippen LogP contribution is -2.55. The summed E-state index contributed by atoms with van der Waals surface area (Å²) in [6.45, 7) is 2.26. The molecule has 4 bridgehead atoms. The van der Waals surface area contributed by atoms with Gasteiger partial charge in [0.1, 0.15) is 4.93 Å².